The van der Waals surface area contributed by atoms with Gasteiger partial charge in [0.25, 0.3) is 0 Å². The van der Waals surface area contributed by atoms with Crippen molar-refractivity contribution < 1.29 is 14.2 Å². The average Bonchev–Trinajstić information content (AvgIpc) is 3.19. The molecule has 0 atom stereocenters. The smallest absolute Gasteiger partial charge is 0.231 e. The van der Waals surface area contributed by atoms with Gasteiger partial charge in [0.1, 0.15) is 5.03 Å². The summed E-state index contributed by atoms with van der Waals surface area (Å²) < 4.78 is 16.4. The van der Waals surface area contributed by atoms with Crippen LogP contribution >= 0.6 is 23.4 Å². The first kappa shape index (κ1) is 17.8. The second-order valence-electron chi connectivity index (χ2n) is 6.53. The summed E-state index contributed by atoms with van der Waals surface area (Å²) in [5.41, 5.74) is 2.77. The fourth-order valence-electron chi connectivity index (χ4n) is 3.27. The fraction of sp³-hybridized carbons (Fsp3) is 0.300. The van der Waals surface area contributed by atoms with Gasteiger partial charge in [-0.1, -0.05) is 35.5 Å². The highest BCUT2D eigenvalue weighted by atomic mass is 35.5. The third-order valence-corrected chi connectivity index (χ3v) is 6.09. The van der Waals surface area contributed by atoms with Crippen LogP contribution in [0.25, 0.3) is 11.0 Å². The topological polar surface area (TPSA) is 56.7 Å². The van der Waals surface area contributed by atoms with Crippen molar-refractivity contribution in [2.45, 2.75) is 10.8 Å². The van der Waals surface area contributed by atoms with Crippen molar-refractivity contribution in [3.8, 4) is 11.5 Å². The second kappa shape index (κ2) is 7.66. The SMILES string of the molecule is Clc1cc2c(cc1CSc1nc3ccccc3nc1N1CCOCC1)OCO2. The van der Waals surface area contributed by atoms with E-state index >= 15 is 0 Å². The van der Waals surface area contributed by atoms with E-state index in [-0.39, 0.29) is 6.79 Å². The molecule has 1 fully saturated rings. The molecule has 0 aliphatic carbocycles. The molecule has 144 valence electrons. The number of benzene rings is 2. The fourth-order valence-corrected chi connectivity index (χ4v) is 4.57. The maximum Gasteiger partial charge on any atom is 0.231 e. The van der Waals surface area contributed by atoms with E-state index in [1.807, 2.05) is 36.4 Å². The van der Waals surface area contributed by atoms with Crippen molar-refractivity contribution in [2.24, 2.45) is 0 Å². The summed E-state index contributed by atoms with van der Waals surface area (Å²) >= 11 is 8.08. The largest absolute Gasteiger partial charge is 0.454 e. The monoisotopic (exact) mass is 415 g/mol. The van der Waals surface area contributed by atoms with E-state index in [1.165, 1.54) is 0 Å². The molecule has 0 spiro atoms. The zero-order chi connectivity index (χ0) is 18.9. The van der Waals surface area contributed by atoms with Gasteiger partial charge in [-0.15, -0.1) is 0 Å². The zero-order valence-corrected chi connectivity index (χ0v) is 16.6. The van der Waals surface area contributed by atoms with Gasteiger partial charge in [0.05, 0.1) is 24.2 Å². The quantitative estimate of drug-likeness (QED) is 0.593. The van der Waals surface area contributed by atoms with Gasteiger partial charge >= 0.3 is 0 Å². The average molecular weight is 416 g/mol. The molecule has 0 amide bonds. The number of anilines is 1. The van der Waals surface area contributed by atoms with Gasteiger partial charge in [0.15, 0.2) is 17.3 Å². The van der Waals surface area contributed by atoms with Gasteiger partial charge in [-0.05, 0) is 23.8 Å². The molecule has 3 heterocycles. The Hall–Kier alpha value is -2.22. The predicted molar refractivity (Wildman–Crippen MR) is 110 cm³/mol. The number of ether oxygens (including phenoxy) is 3. The Morgan fingerprint density at radius 2 is 1.71 bits per heavy atom. The van der Waals surface area contributed by atoms with Crippen molar-refractivity contribution in [2.75, 3.05) is 38.0 Å². The maximum atomic E-state index is 6.45. The summed E-state index contributed by atoms with van der Waals surface area (Å²) in [7, 11) is 0. The van der Waals surface area contributed by atoms with Gasteiger partial charge in [-0.3, -0.25) is 0 Å². The molecule has 0 bridgehead atoms. The van der Waals surface area contributed by atoms with Gasteiger partial charge in [0.2, 0.25) is 6.79 Å². The first-order valence-electron chi connectivity index (χ1n) is 9.08. The van der Waals surface area contributed by atoms with Crippen LogP contribution in [0.15, 0.2) is 41.4 Å². The van der Waals surface area contributed by atoms with Gasteiger partial charge in [0, 0.05) is 29.9 Å². The number of halogens is 1. The van der Waals surface area contributed by atoms with Crippen molar-refractivity contribution in [1.29, 1.82) is 0 Å². The maximum absolute atomic E-state index is 6.45. The van der Waals surface area contributed by atoms with Crippen LogP contribution < -0.4 is 14.4 Å². The van der Waals surface area contributed by atoms with Crippen molar-refractivity contribution in [3.63, 3.8) is 0 Å². The molecular formula is C20H18ClN3O3S. The van der Waals surface area contributed by atoms with Crippen LogP contribution in [-0.4, -0.2) is 43.1 Å². The minimum atomic E-state index is 0.236. The first-order valence-corrected chi connectivity index (χ1v) is 10.4. The van der Waals surface area contributed by atoms with Crippen LogP contribution in [0.2, 0.25) is 5.02 Å². The summed E-state index contributed by atoms with van der Waals surface area (Å²) in [5, 5.41) is 1.56. The van der Waals surface area contributed by atoms with Crippen molar-refractivity contribution >= 4 is 40.2 Å². The number of hydrogen-bond acceptors (Lipinski definition) is 7. The minimum absolute atomic E-state index is 0.236. The van der Waals surface area contributed by atoms with Gasteiger partial charge < -0.3 is 19.1 Å². The number of aromatic nitrogens is 2. The number of hydrogen-bond donors (Lipinski definition) is 0. The van der Waals surface area contributed by atoms with E-state index in [4.69, 9.17) is 35.8 Å². The third kappa shape index (κ3) is 3.45. The van der Waals surface area contributed by atoms with Crippen LogP contribution in [0.5, 0.6) is 11.5 Å². The molecule has 3 aromatic rings. The lowest BCUT2D eigenvalue weighted by atomic mass is 10.2. The predicted octanol–water partition coefficient (Wildman–Crippen LogP) is 4.14. The third-order valence-electron chi connectivity index (χ3n) is 4.74. The first-order chi connectivity index (χ1) is 13.8. The molecule has 0 saturated carbocycles. The molecule has 2 aromatic carbocycles. The molecule has 28 heavy (non-hydrogen) atoms. The lowest BCUT2D eigenvalue weighted by Crippen LogP contribution is -2.37. The Morgan fingerprint density at radius 1 is 1.00 bits per heavy atom. The van der Waals surface area contributed by atoms with E-state index < -0.39 is 0 Å². The number of rotatable bonds is 4. The van der Waals surface area contributed by atoms with Gasteiger partial charge in [-0.2, -0.15) is 0 Å². The number of para-hydroxylation sites is 2. The minimum Gasteiger partial charge on any atom is -0.454 e. The van der Waals surface area contributed by atoms with E-state index in [2.05, 4.69) is 4.90 Å². The lowest BCUT2D eigenvalue weighted by Gasteiger charge is -2.29. The Labute approximate surface area is 171 Å². The zero-order valence-electron chi connectivity index (χ0n) is 15.1. The summed E-state index contributed by atoms with van der Waals surface area (Å²) in [6, 6.07) is 11.7. The van der Waals surface area contributed by atoms with Crippen molar-refractivity contribution in [1.82, 2.24) is 9.97 Å². The molecule has 0 N–H and O–H groups in total. The highest BCUT2D eigenvalue weighted by molar-refractivity contribution is 7.98. The number of fused-ring (bicyclic) bond motifs is 2. The number of morpholine rings is 1. The van der Waals surface area contributed by atoms with Gasteiger partial charge in [-0.25, -0.2) is 9.97 Å². The Morgan fingerprint density at radius 3 is 2.50 bits per heavy atom. The number of nitrogens with zero attached hydrogens (tertiary/aromatic N) is 3. The molecule has 8 heteroatoms. The summed E-state index contributed by atoms with van der Waals surface area (Å²) in [5.74, 6) is 3.00. The Kier molecular flexibility index (Phi) is 4.88. The highest BCUT2D eigenvalue weighted by Crippen LogP contribution is 2.39. The molecule has 1 aromatic heterocycles. The van der Waals surface area contributed by atoms with E-state index in [0.717, 1.165) is 46.3 Å². The molecular weight excluding hydrogens is 398 g/mol. The molecule has 1 saturated heterocycles. The Balaban J connectivity index is 1.47. The van der Waals surface area contributed by atoms with Crippen LogP contribution in [0.4, 0.5) is 5.82 Å². The van der Waals surface area contributed by atoms with Crippen LogP contribution in [0.3, 0.4) is 0 Å². The summed E-state index contributed by atoms with van der Waals surface area (Å²) in [4.78, 5) is 12.0. The molecule has 2 aliphatic rings. The van der Waals surface area contributed by atoms with Crippen LogP contribution in [0.1, 0.15) is 5.56 Å². The molecule has 5 rings (SSSR count). The summed E-state index contributed by atoms with van der Waals surface area (Å²) in [6.07, 6.45) is 0. The number of thioether (sulfide) groups is 1. The summed E-state index contributed by atoms with van der Waals surface area (Å²) in [6.45, 7) is 3.26. The Bertz CT molecular complexity index is 1030. The second-order valence-corrected chi connectivity index (χ2v) is 7.90. The van der Waals surface area contributed by atoms with Crippen molar-refractivity contribution in [3.05, 3.63) is 47.0 Å². The normalized spacial score (nSPS) is 16.0. The highest BCUT2D eigenvalue weighted by Gasteiger charge is 2.21. The molecule has 0 unspecified atom stereocenters. The lowest BCUT2D eigenvalue weighted by molar-refractivity contribution is 0.122. The van der Waals surface area contributed by atoms with Crippen LogP contribution in [-0.2, 0) is 10.5 Å². The standard InChI is InChI=1S/C20H18ClN3O3S/c21-14-10-18-17(26-12-27-18)9-13(14)11-28-20-19(24-5-7-25-8-6-24)22-15-3-1-2-4-16(15)23-20/h1-4,9-10H,5-8,11-12H2. The molecule has 2 aliphatic heterocycles. The van der Waals surface area contributed by atoms with E-state index in [0.29, 0.717) is 29.7 Å². The van der Waals surface area contributed by atoms with Crippen LogP contribution in [0, 0.1) is 0 Å². The van der Waals surface area contributed by atoms with E-state index in [1.54, 1.807) is 11.8 Å². The molecule has 0 radical (unpaired) electrons. The van der Waals surface area contributed by atoms with E-state index in [9.17, 15) is 0 Å². The molecule has 6 nitrogen and oxygen atoms in total.